The van der Waals surface area contributed by atoms with E-state index in [1.54, 1.807) is 12.1 Å². The molecule has 7 nitrogen and oxygen atoms in total. The number of nitrogens with two attached hydrogens (primary N) is 1. The number of nitro groups is 1. The molecule has 1 atom stereocenters. The molecular weight excluding hydrogens is 368 g/mol. The summed E-state index contributed by atoms with van der Waals surface area (Å²) < 4.78 is 0. The van der Waals surface area contributed by atoms with E-state index in [9.17, 15) is 14.9 Å². The number of hydrogen-bond donors (Lipinski definition) is 3. The number of H-pyrrole nitrogens is 1. The molecule has 3 rings (SSSR count). The fourth-order valence-electron chi connectivity index (χ4n) is 2.92. The van der Waals surface area contributed by atoms with Crippen LogP contribution in [0.1, 0.15) is 11.1 Å². The molecule has 8 heteroatoms. The van der Waals surface area contributed by atoms with E-state index in [2.05, 4.69) is 10.3 Å². The lowest BCUT2D eigenvalue weighted by atomic mass is 10.0. The van der Waals surface area contributed by atoms with E-state index in [-0.39, 0.29) is 24.0 Å². The van der Waals surface area contributed by atoms with Crippen molar-refractivity contribution in [3.8, 4) is 0 Å². The predicted molar refractivity (Wildman–Crippen MR) is 107 cm³/mol. The summed E-state index contributed by atoms with van der Waals surface area (Å²) in [5.41, 5.74) is 8.89. The van der Waals surface area contributed by atoms with Crippen molar-refractivity contribution in [3.63, 3.8) is 0 Å². The zero-order valence-corrected chi connectivity index (χ0v) is 15.4. The molecule has 142 valence electrons. The van der Waals surface area contributed by atoms with Gasteiger partial charge in [0.25, 0.3) is 5.69 Å². The number of aromatic nitrogens is 1. The van der Waals surface area contributed by atoms with Gasteiger partial charge in [0.15, 0.2) is 0 Å². The maximum absolute atomic E-state index is 12.2. The van der Waals surface area contributed by atoms with Crippen LogP contribution in [-0.4, -0.2) is 28.4 Å². The average molecular weight is 389 g/mol. The van der Waals surface area contributed by atoms with Crippen LogP contribution < -0.4 is 11.1 Å². The summed E-state index contributed by atoms with van der Waals surface area (Å²) in [4.78, 5) is 25.7. The second kappa shape index (κ2) is 9.16. The molecule has 0 radical (unpaired) electrons. The second-order valence-corrected chi connectivity index (χ2v) is 6.14. The first-order valence-corrected chi connectivity index (χ1v) is 8.36. The standard InChI is InChI=1S/C19H20N4O3.ClH/c20-17(11-14-12-22-18-7-2-1-6-16(14)18)19(24)21-9-8-13-4-3-5-15(10-13)23(25)26;/h1-7,10,12,17,22H,8-9,11,20H2,(H,21,24);1H/t17-;/m0./s1. The molecule has 0 aliphatic carbocycles. The lowest BCUT2D eigenvalue weighted by molar-refractivity contribution is -0.384. The van der Waals surface area contributed by atoms with Gasteiger partial charge in [-0.05, 0) is 30.0 Å². The van der Waals surface area contributed by atoms with E-state index in [4.69, 9.17) is 5.73 Å². The lowest BCUT2D eigenvalue weighted by Gasteiger charge is -2.12. The van der Waals surface area contributed by atoms with Crippen LogP contribution in [0.5, 0.6) is 0 Å². The Morgan fingerprint density at radius 2 is 2.00 bits per heavy atom. The molecule has 0 saturated carbocycles. The van der Waals surface area contributed by atoms with E-state index >= 15 is 0 Å². The molecule has 0 spiro atoms. The van der Waals surface area contributed by atoms with Gasteiger partial charge in [0.05, 0.1) is 11.0 Å². The Morgan fingerprint density at radius 1 is 1.22 bits per heavy atom. The van der Waals surface area contributed by atoms with Crippen molar-refractivity contribution < 1.29 is 9.72 Å². The molecule has 0 bridgehead atoms. The first-order chi connectivity index (χ1) is 12.5. The third-order valence-corrected chi connectivity index (χ3v) is 4.29. The van der Waals surface area contributed by atoms with Crippen LogP contribution in [0.2, 0.25) is 0 Å². The van der Waals surface area contributed by atoms with Crippen LogP contribution in [0.15, 0.2) is 54.7 Å². The average Bonchev–Trinajstić information content (AvgIpc) is 3.05. The van der Waals surface area contributed by atoms with Crippen LogP contribution in [-0.2, 0) is 17.6 Å². The molecule has 0 fully saturated rings. The number of hydrogen-bond acceptors (Lipinski definition) is 4. The maximum atomic E-state index is 12.2. The number of nitro benzene ring substituents is 1. The SMILES string of the molecule is Cl.N[C@@H](Cc1c[nH]c2ccccc12)C(=O)NCCc1cccc([N+](=O)[O-])c1. The van der Waals surface area contributed by atoms with Gasteiger partial charge in [-0.25, -0.2) is 0 Å². The number of halogens is 1. The number of nitrogens with one attached hydrogen (secondary N) is 2. The van der Waals surface area contributed by atoms with Gasteiger partial charge in [-0.2, -0.15) is 0 Å². The van der Waals surface area contributed by atoms with Gasteiger partial charge in [-0.3, -0.25) is 14.9 Å². The van der Waals surface area contributed by atoms with Gasteiger partial charge >= 0.3 is 0 Å². The van der Waals surface area contributed by atoms with Crippen molar-refractivity contribution in [3.05, 3.63) is 76.0 Å². The summed E-state index contributed by atoms with van der Waals surface area (Å²) in [6.07, 6.45) is 2.82. The number of benzene rings is 2. The molecule has 1 amide bonds. The fourth-order valence-corrected chi connectivity index (χ4v) is 2.92. The number of carbonyl (C=O) groups is 1. The summed E-state index contributed by atoms with van der Waals surface area (Å²) in [5, 5.41) is 14.6. The molecule has 2 aromatic carbocycles. The Labute approximate surface area is 162 Å². The van der Waals surface area contributed by atoms with Gasteiger partial charge in [-0.1, -0.05) is 30.3 Å². The fraction of sp³-hybridized carbons (Fsp3) is 0.211. The number of carbonyl (C=O) groups excluding carboxylic acids is 1. The number of para-hydroxylation sites is 1. The van der Waals surface area contributed by atoms with Crippen molar-refractivity contribution in [2.45, 2.75) is 18.9 Å². The van der Waals surface area contributed by atoms with Crippen LogP contribution in [0.4, 0.5) is 5.69 Å². The molecule has 0 aliphatic heterocycles. The zero-order chi connectivity index (χ0) is 18.5. The number of rotatable bonds is 7. The Kier molecular flexibility index (Phi) is 6.92. The highest BCUT2D eigenvalue weighted by Crippen LogP contribution is 2.18. The van der Waals surface area contributed by atoms with E-state index in [0.29, 0.717) is 19.4 Å². The van der Waals surface area contributed by atoms with E-state index < -0.39 is 11.0 Å². The van der Waals surface area contributed by atoms with Crippen LogP contribution in [0.3, 0.4) is 0 Å². The number of aromatic amines is 1. The quantitative estimate of drug-likeness (QED) is 0.426. The van der Waals surface area contributed by atoms with Gasteiger partial charge in [0, 0.05) is 35.8 Å². The van der Waals surface area contributed by atoms with Crippen LogP contribution in [0, 0.1) is 10.1 Å². The largest absolute Gasteiger partial charge is 0.361 e. The Balaban J connectivity index is 0.00000261. The molecule has 0 aliphatic rings. The molecule has 0 saturated heterocycles. The lowest BCUT2D eigenvalue weighted by Crippen LogP contribution is -2.42. The molecule has 1 aromatic heterocycles. The Morgan fingerprint density at radius 3 is 2.78 bits per heavy atom. The second-order valence-electron chi connectivity index (χ2n) is 6.14. The van der Waals surface area contributed by atoms with Gasteiger partial charge in [-0.15, -0.1) is 12.4 Å². The van der Waals surface area contributed by atoms with Crippen molar-refractivity contribution >= 4 is 34.9 Å². The Bertz CT molecular complexity index is 941. The summed E-state index contributed by atoms with van der Waals surface area (Å²) in [7, 11) is 0. The summed E-state index contributed by atoms with van der Waals surface area (Å²) in [6, 6.07) is 13.6. The van der Waals surface area contributed by atoms with Crippen LogP contribution in [0.25, 0.3) is 10.9 Å². The van der Waals surface area contributed by atoms with E-state index in [1.165, 1.54) is 12.1 Å². The van der Waals surface area contributed by atoms with Crippen molar-refractivity contribution in [2.75, 3.05) is 6.54 Å². The summed E-state index contributed by atoms with van der Waals surface area (Å²) >= 11 is 0. The summed E-state index contributed by atoms with van der Waals surface area (Å²) in [6.45, 7) is 0.377. The normalized spacial score (nSPS) is 11.6. The highest BCUT2D eigenvalue weighted by Gasteiger charge is 2.16. The smallest absolute Gasteiger partial charge is 0.269 e. The molecule has 1 heterocycles. The molecule has 27 heavy (non-hydrogen) atoms. The highest BCUT2D eigenvalue weighted by molar-refractivity contribution is 5.86. The van der Waals surface area contributed by atoms with E-state index in [0.717, 1.165) is 22.0 Å². The monoisotopic (exact) mass is 388 g/mol. The first-order valence-electron chi connectivity index (χ1n) is 8.36. The third-order valence-electron chi connectivity index (χ3n) is 4.29. The highest BCUT2D eigenvalue weighted by atomic mass is 35.5. The number of non-ortho nitro benzene ring substituents is 1. The topological polar surface area (TPSA) is 114 Å². The maximum Gasteiger partial charge on any atom is 0.269 e. The van der Waals surface area contributed by atoms with E-state index in [1.807, 2.05) is 30.5 Å². The predicted octanol–water partition coefficient (Wildman–Crippen LogP) is 2.73. The van der Waals surface area contributed by atoms with Crippen LogP contribution >= 0.6 is 12.4 Å². The minimum Gasteiger partial charge on any atom is -0.361 e. The molecular formula is C19H21ClN4O3. The minimum atomic E-state index is -0.653. The Hall–Kier alpha value is -2.90. The van der Waals surface area contributed by atoms with Crippen molar-refractivity contribution in [1.29, 1.82) is 0 Å². The minimum absolute atomic E-state index is 0. The van der Waals surface area contributed by atoms with Crippen molar-refractivity contribution in [2.24, 2.45) is 5.73 Å². The van der Waals surface area contributed by atoms with Gasteiger partial charge < -0.3 is 16.0 Å². The number of fused-ring (bicyclic) bond motifs is 1. The first kappa shape index (κ1) is 20.4. The molecule has 0 unspecified atom stereocenters. The third kappa shape index (κ3) is 5.06. The molecule has 4 N–H and O–H groups in total. The molecule has 3 aromatic rings. The van der Waals surface area contributed by atoms with Gasteiger partial charge in [0.2, 0.25) is 5.91 Å². The summed E-state index contributed by atoms with van der Waals surface area (Å²) in [5.74, 6) is -0.235. The number of nitrogens with zero attached hydrogens (tertiary/aromatic N) is 1. The van der Waals surface area contributed by atoms with Crippen molar-refractivity contribution in [1.82, 2.24) is 10.3 Å². The zero-order valence-electron chi connectivity index (χ0n) is 14.6. The number of amides is 1. The van der Waals surface area contributed by atoms with Gasteiger partial charge in [0.1, 0.15) is 0 Å².